The molecule has 0 aromatic rings. The van der Waals surface area contributed by atoms with E-state index < -0.39 is 22.0 Å². The van der Waals surface area contributed by atoms with Crippen molar-refractivity contribution in [3.63, 3.8) is 0 Å². The molecule has 0 bridgehead atoms. The average Bonchev–Trinajstić information content (AvgIpc) is 2.33. The number of hydrogen-bond donors (Lipinski definition) is 1. The van der Waals surface area contributed by atoms with Gasteiger partial charge in [-0.25, -0.2) is 13.2 Å². The van der Waals surface area contributed by atoms with Crippen LogP contribution >= 0.6 is 0 Å². The Labute approximate surface area is 78.0 Å². The largest absolute Gasteiger partial charge is 0.490 e. The first-order chi connectivity index (χ1) is 6.15. The molecular weight excluding hydrogens is 225 g/mol. The summed E-state index contributed by atoms with van der Waals surface area (Å²) >= 11 is 0. The lowest BCUT2D eigenvalue weighted by Gasteiger charge is -1.93. The Hall–Kier alpha value is -1.05. The van der Waals surface area contributed by atoms with Crippen LogP contribution in [0.1, 0.15) is 6.42 Å². The number of carbonyl (C=O) groups is 1. The fourth-order valence-electron chi connectivity index (χ4n) is 0.515. The van der Waals surface area contributed by atoms with Gasteiger partial charge in [0.25, 0.3) is 0 Å². The van der Waals surface area contributed by atoms with Crippen LogP contribution < -0.4 is 0 Å². The molecule has 0 amide bonds. The number of carboxylic acid groups (broad SMARTS) is 1. The minimum Gasteiger partial charge on any atom is -0.475 e. The molecule has 1 aliphatic rings. The van der Waals surface area contributed by atoms with Gasteiger partial charge in [0.1, 0.15) is 0 Å². The second-order valence-electron chi connectivity index (χ2n) is 2.33. The second kappa shape index (κ2) is 4.45. The van der Waals surface area contributed by atoms with Crippen LogP contribution in [0.3, 0.4) is 0 Å². The first kappa shape index (κ1) is 12.9. The van der Waals surface area contributed by atoms with Crippen LogP contribution in [0.25, 0.3) is 0 Å². The molecule has 0 saturated carbocycles. The molecule has 1 rings (SSSR count). The summed E-state index contributed by atoms with van der Waals surface area (Å²) in [5.41, 5.74) is 0. The third-order valence-electron chi connectivity index (χ3n) is 1.12. The highest BCUT2D eigenvalue weighted by Crippen LogP contribution is 2.13. The van der Waals surface area contributed by atoms with E-state index >= 15 is 0 Å². The fraction of sp³-hybridized carbons (Fsp3) is 0.500. The number of halogens is 3. The van der Waals surface area contributed by atoms with Gasteiger partial charge in [0.05, 0.1) is 5.75 Å². The maximum absolute atomic E-state index is 10.6. The van der Waals surface area contributed by atoms with Gasteiger partial charge in [-0.3, -0.25) is 0 Å². The molecule has 0 unspecified atom stereocenters. The van der Waals surface area contributed by atoms with Gasteiger partial charge in [0.2, 0.25) is 0 Å². The molecule has 82 valence electrons. The van der Waals surface area contributed by atoms with E-state index in [0.717, 1.165) is 0 Å². The molecule has 0 aliphatic carbocycles. The Morgan fingerprint density at radius 3 is 1.86 bits per heavy atom. The first-order valence-electron chi connectivity index (χ1n) is 3.34. The zero-order valence-electron chi connectivity index (χ0n) is 6.78. The molecule has 0 fully saturated rings. The predicted octanol–water partition coefficient (Wildman–Crippen LogP) is 0.952. The molecule has 0 saturated heterocycles. The highest BCUT2D eigenvalue weighted by atomic mass is 32.2. The molecule has 0 aromatic heterocycles. The standard InChI is InChI=1S/C4H6O2S.C2HF3O2/c5-7(6)3-1-2-4-7;3-2(4,5)1(6)7/h1,3H,2,4H2;(H,6,7). The monoisotopic (exact) mass is 232 g/mol. The van der Waals surface area contributed by atoms with Gasteiger partial charge in [-0.2, -0.15) is 13.2 Å². The molecule has 8 heteroatoms. The normalized spacial score (nSPS) is 18.5. The van der Waals surface area contributed by atoms with Crippen molar-refractivity contribution in [2.75, 3.05) is 5.75 Å². The molecular formula is C6H7F3O4S. The lowest BCUT2D eigenvalue weighted by molar-refractivity contribution is -0.192. The van der Waals surface area contributed by atoms with Crippen molar-refractivity contribution in [3.8, 4) is 0 Å². The molecule has 1 N–H and O–H groups in total. The predicted molar refractivity (Wildman–Crippen MR) is 41.2 cm³/mol. The first-order valence-corrected chi connectivity index (χ1v) is 5.06. The van der Waals surface area contributed by atoms with Crippen molar-refractivity contribution in [2.24, 2.45) is 0 Å². The van der Waals surface area contributed by atoms with Gasteiger partial charge in [-0.1, -0.05) is 6.08 Å². The van der Waals surface area contributed by atoms with Gasteiger partial charge < -0.3 is 5.11 Å². The second-order valence-corrected chi connectivity index (χ2v) is 4.34. The smallest absolute Gasteiger partial charge is 0.475 e. The van der Waals surface area contributed by atoms with Crippen molar-refractivity contribution in [1.29, 1.82) is 0 Å². The Morgan fingerprint density at radius 2 is 1.79 bits per heavy atom. The summed E-state index contributed by atoms with van der Waals surface area (Å²) in [5.74, 6) is -2.44. The SMILES string of the molecule is O=C(O)C(F)(F)F.O=S1(=O)C=CCC1. The van der Waals surface area contributed by atoms with Crippen molar-refractivity contribution < 1.29 is 31.5 Å². The van der Waals surface area contributed by atoms with Crippen LogP contribution in [0.2, 0.25) is 0 Å². The van der Waals surface area contributed by atoms with Crippen molar-refractivity contribution in [2.45, 2.75) is 12.6 Å². The lowest BCUT2D eigenvalue weighted by Crippen LogP contribution is -2.21. The van der Waals surface area contributed by atoms with E-state index in [0.29, 0.717) is 12.2 Å². The molecule has 0 spiro atoms. The van der Waals surface area contributed by atoms with E-state index in [1.165, 1.54) is 5.41 Å². The van der Waals surface area contributed by atoms with Crippen LogP contribution in [-0.2, 0) is 14.6 Å². The Bertz CT molecular complexity index is 327. The maximum Gasteiger partial charge on any atom is 0.490 e. The molecule has 14 heavy (non-hydrogen) atoms. The van der Waals surface area contributed by atoms with Crippen LogP contribution in [0.15, 0.2) is 11.5 Å². The van der Waals surface area contributed by atoms with Crippen molar-refractivity contribution >= 4 is 15.8 Å². The maximum atomic E-state index is 10.6. The Morgan fingerprint density at radius 1 is 1.36 bits per heavy atom. The van der Waals surface area contributed by atoms with Crippen LogP contribution in [-0.4, -0.2) is 31.4 Å². The van der Waals surface area contributed by atoms with Crippen molar-refractivity contribution in [3.05, 3.63) is 11.5 Å². The van der Waals surface area contributed by atoms with Gasteiger partial charge in [0.15, 0.2) is 9.84 Å². The number of rotatable bonds is 0. The Balaban J connectivity index is 0.000000241. The van der Waals surface area contributed by atoms with E-state index in [2.05, 4.69) is 0 Å². The van der Waals surface area contributed by atoms with E-state index in [-0.39, 0.29) is 0 Å². The highest BCUT2D eigenvalue weighted by molar-refractivity contribution is 7.94. The summed E-state index contributed by atoms with van der Waals surface area (Å²) in [4.78, 5) is 8.90. The van der Waals surface area contributed by atoms with Gasteiger partial charge >= 0.3 is 12.1 Å². The third-order valence-corrected chi connectivity index (χ3v) is 2.53. The molecule has 0 radical (unpaired) electrons. The minimum absolute atomic E-state index is 0.312. The fourth-order valence-corrected chi connectivity index (χ4v) is 1.54. The topological polar surface area (TPSA) is 71.4 Å². The zero-order chi connectivity index (χ0) is 11.4. The van der Waals surface area contributed by atoms with Crippen LogP contribution in [0.5, 0.6) is 0 Å². The summed E-state index contributed by atoms with van der Waals surface area (Å²) in [7, 11) is -2.73. The summed E-state index contributed by atoms with van der Waals surface area (Å²) in [6.45, 7) is 0. The summed E-state index contributed by atoms with van der Waals surface area (Å²) in [6.07, 6.45) is -2.71. The molecule has 4 nitrogen and oxygen atoms in total. The van der Waals surface area contributed by atoms with Crippen LogP contribution in [0.4, 0.5) is 13.2 Å². The number of sulfone groups is 1. The molecule has 0 aromatic carbocycles. The van der Waals surface area contributed by atoms with E-state index in [4.69, 9.17) is 9.90 Å². The van der Waals surface area contributed by atoms with Gasteiger partial charge in [0, 0.05) is 5.41 Å². The van der Waals surface area contributed by atoms with Gasteiger partial charge in [-0.05, 0) is 6.42 Å². The summed E-state index contributed by atoms with van der Waals surface area (Å²) < 4.78 is 52.4. The van der Waals surface area contributed by atoms with E-state index in [1.807, 2.05) is 0 Å². The highest BCUT2D eigenvalue weighted by Gasteiger charge is 2.38. The van der Waals surface area contributed by atoms with Crippen molar-refractivity contribution in [1.82, 2.24) is 0 Å². The number of allylic oxidation sites excluding steroid dienone is 1. The number of alkyl halides is 3. The minimum atomic E-state index is -5.08. The number of carboxylic acids is 1. The van der Waals surface area contributed by atoms with E-state index in [1.54, 1.807) is 6.08 Å². The van der Waals surface area contributed by atoms with Crippen LogP contribution in [0, 0.1) is 0 Å². The molecule has 1 aliphatic heterocycles. The zero-order valence-corrected chi connectivity index (χ0v) is 7.60. The lowest BCUT2D eigenvalue weighted by atomic mass is 10.5. The molecule has 0 atom stereocenters. The number of aliphatic carboxylic acids is 1. The molecule has 1 heterocycles. The quantitative estimate of drug-likeness (QED) is 0.675. The number of hydrogen-bond acceptors (Lipinski definition) is 3. The van der Waals surface area contributed by atoms with Gasteiger partial charge in [-0.15, -0.1) is 0 Å². The summed E-state index contributed by atoms with van der Waals surface area (Å²) in [6, 6.07) is 0. The third kappa shape index (κ3) is 5.57. The average molecular weight is 232 g/mol. The van der Waals surface area contributed by atoms with E-state index in [9.17, 15) is 21.6 Å². The summed E-state index contributed by atoms with van der Waals surface area (Å²) in [5, 5.41) is 8.40. The Kier molecular flexibility index (Phi) is 4.11.